The molecular weight excluding hydrogens is 224 g/mol. The van der Waals surface area contributed by atoms with Gasteiger partial charge in [0, 0.05) is 11.8 Å². The lowest BCUT2D eigenvalue weighted by Crippen LogP contribution is -2.04. The van der Waals surface area contributed by atoms with Crippen LogP contribution in [0.5, 0.6) is 0 Å². The second-order valence-electron chi connectivity index (χ2n) is 3.99. The molecule has 0 aliphatic rings. The third-order valence-corrected chi connectivity index (χ3v) is 3.37. The van der Waals surface area contributed by atoms with Crippen LogP contribution in [0.4, 0.5) is 0 Å². The third kappa shape index (κ3) is 4.57. The summed E-state index contributed by atoms with van der Waals surface area (Å²) in [6.07, 6.45) is 2.59. The summed E-state index contributed by atoms with van der Waals surface area (Å²) in [4.78, 5) is 11.0. The third-order valence-electron chi connectivity index (χ3n) is 2.34. The van der Waals surface area contributed by atoms with Crippen molar-refractivity contribution >= 4 is 15.6 Å². The summed E-state index contributed by atoms with van der Waals surface area (Å²) in [5.41, 5.74) is 1.75. The zero-order valence-corrected chi connectivity index (χ0v) is 10.4. The molecule has 1 aromatic rings. The Morgan fingerprint density at radius 3 is 2.19 bits per heavy atom. The Morgan fingerprint density at radius 1 is 1.19 bits per heavy atom. The summed E-state index contributed by atoms with van der Waals surface area (Å²) in [6.45, 7) is 1.53. The Bertz CT molecular complexity index is 458. The molecule has 0 radical (unpaired) electrons. The first kappa shape index (κ1) is 12.9. The first-order chi connectivity index (χ1) is 7.38. The minimum absolute atomic E-state index is 0.0442. The van der Waals surface area contributed by atoms with E-state index >= 15 is 0 Å². The number of aryl methyl sites for hydroxylation is 1. The van der Waals surface area contributed by atoms with Crippen molar-refractivity contribution in [2.45, 2.75) is 19.8 Å². The highest BCUT2D eigenvalue weighted by Gasteiger charge is 2.03. The average molecular weight is 240 g/mol. The molecular formula is C12H16O3S. The molecule has 0 heterocycles. The molecule has 0 aliphatic carbocycles. The van der Waals surface area contributed by atoms with Crippen LogP contribution in [0, 0.1) is 0 Å². The zero-order chi connectivity index (χ0) is 12.2. The van der Waals surface area contributed by atoms with Crippen LogP contribution in [-0.2, 0) is 16.3 Å². The van der Waals surface area contributed by atoms with Gasteiger partial charge in [-0.2, -0.15) is 0 Å². The number of sulfone groups is 1. The van der Waals surface area contributed by atoms with Crippen LogP contribution in [-0.4, -0.2) is 26.2 Å². The quantitative estimate of drug-likeness (QED) is 0.738. The topological polar surface area (TPSA) is 51.2 Å². The smallest absolute Gasteiger partial charge is 0.159 e. The lowest BCUT2D eigenvalue weighted by molar-refractivity contribution is 0.101. The number of carbonyl (C=O) groups excluding carboxylic acids is 1. The highest BCUT2D eigenvalue weighted by molar-refractivity contribution is 7.90. The van der Waals surface area contributed by atoms with E-state index in [9.17, 15) is 13.2 Å². The van der Waals surface area contributed by atoms with E-state index in [1.165, 1.54) is 13.2 Å². The molecule has 0 amide bonds. The van der Waals surface area contributed by atoms with E-state index in [1.807, 2.05) is 12.1 Å². The van der Waals surface area contributed by atoms with Gasteiger partial charge in [-0.15, -0.1) is 0 Å². The molecule has 0 N–H and O–H groups in total. The molecule has 0 aliphatic heterocycles. The van der Waals surface area contributed by atoms with Crippen LogP contribution in [0.1, 0.15) is 29.3 Å². The van der Waals surface area contributed by atoms with Crippen molar-refractivity contribution in [3.63, 3.8) is 0 Å². The number of benzene rings is 1. The van der Waals surface area contributed by atoms with Crippen LogP contribution < -0.4 is 0 Å². The Kier molecular flexibility index (Phi) is 4.24. The highest BCUT2D eigenvalue weighted by atomic mass is 32.2. The minimum Gasteiger partial charge on any atom is -0.295 e. The van der Waals surface area contributed by atoms with E-state index in [1.54, 1.807) is 12.1 Å². The number of Topliss-reactive ketones (excluding diaryl/α,β-unsaturated/α-hetero) is 1. The van der Waals surface area contributed by atoms with Gasteiger partial charge in [-0.1, -0.05) is 24.3 Å². The van der Waals surface area contributed by atoms with Crippen molar-refractivity contribution < 1.29 is 13.2 Å². The van der Waals surface area contributed by atoms with Gasteiger partial charge in [-0.3, -0.25) is 4.79 Å². The highest BCUT2D eigenvalue weighted by Crippen LogP contribution is 2.08. The number of hydrogen-bond donors (Lipinski definition) is 0. The van der Waals surface area contributed by atoms with Crippen molar-refractivity contribution in [2.75, 3.05) is 12.0 Å². The standard InChI is InChI=1S/C12H16O3S/c1-10(13)12-7-5-11(6-8-12)4-3-9-16(2,14)15/h5-8H,3-4,9H2,1-2H3. The monoisotopic (exact) mass is 240 g/mol. The van der Waals surface area contributed by atoms with Crippen molar-refractivity contribution in [1.82, 2.24) is 0 Å². The summed E-state index contributed by atoms with van der Waals surface area (Å²) in [5.74, 6) is 0.254. The van der Waals surface area contributed by atoms with Crippen LogP contribution in [0.2, 0.25) is 0 Å². The van der Waals surface area contributed by atoms with E-state index in [-0.39, 0.29) is 11.5 Å². The molecule has 88 valence electrons. The second kappa shape index (κ2) is 5.25. The maximum atomic E-state index is 11.0. The first-order valence-corrected chi connectivity index (χ1v) is 7.22. The molecule has 1 rings (SSSR count). The summed E-state index contributed by atoms with van der Waals surface area (Å²) < 4.78 is 21.8. The van der Waals surface area contributed by atoms with Gasteiger partial charge in [0.05, 0.1) is 5.75 Å². The Balaban J connectivity index is 2.53. The van der Waals surface area contributed by atoms with Gasteiger partial charge in [0.25, 0.3) is 0 Å². The van der Waals surface area contributed by atoms with Crippen molar-refractivity contribution in [1.29, 1.82) is 0 Å². The largest absolute Gasteiger partial charge is 0.295 e. The van der Waals surface area contributed by atoms with Gasteiger partial charge in [0.15, 0.2) is 5.78 Å². The first-order valence-electron chi connectivity index (χ1n) is 5.16. The van der Waals surface area contributed by atoms with Crippen LogP contribution in [0.3, 0.4) is 0 Å². The molecule has 0 aromatic heterocycles. The van der Waals surface area contributed by atoms with Crippen molar-refractivity contribution in [3.8, 4) is 0 Å². The van der Waals surface area contributed by atoms with Gasteiger partial charge >= 0.3 is 0 Å². The Labute approximate surface area is 96.4 Å². The molecule has 0 saturated carbocycles. The van der Waals surface area contributed by atoms with E-state index in [0.717, 1.165) is 12.0 Å². The number of rotatable bonds is 5. The van der Waals surface area contributed by atoms with Crippen LogP contribution in [0.25, 0.3) is 0 Å². The second-order valence-corrected chi connectivity index (χ2v) is 6.25. The fraction of sp³-hybridized carbons (Fsp3) is 0.417. The summed E-state index contributed by atoms with van der Waals surface area (Å²) in [5, 5.41) is 0. The van der Waals surface area contributed by atoms with Gasteiger partial charge in [0.2, 0.25) is 0 Å². The predicted molar refractivity (Wildman–Crippen MR) is 64.5 cm³/mol. The van der Waals surface area contributed by atoms with Crippen LogP contribution >= 0.6 is 0 Å². The Morgan fingerprint density at radius 2 is 1.75 bits per heavy atom. The number of ketones is 1. The van der Waals surface area contributed by atoms with Gasteiger partial charge in [-0.25, -0.2) is 8.42 Å². The lowest BCUT2D eigenvalue weighted by atomic mass is 10.1. The summed E-state index contributed by atoms with van der Waals surface area (Å²) in [6, 6.07) is 7.30. The van der Waals surface area contributed by atoms with Gasteiger partial charge in [0.1, 0.15) is 9.84 Å². The van der Waals surface area contributed by atoms with E-state index in [2.05, 4.69) is 0 Å². The fourth-order valence-electron chi connectivity index (χ4n) is 1.44. The van der Waals surface area contributed by atoms with Crippen molar-refractivity contribution in [2.24, 2.45) is 0 Å². The van der Waals surface area contributed by atoms with E-state index < -0.39 is 9.84 Å². The van der Waals surface area contributed by atoms with Crippen molar-refractivity contribution in [3.05, 3.63) is 35.4 Å². The fourth-order valence-corrected chi connectivity index (χ4v) is 2.11. The molecule has 0 unspecified atom stereocenters. The molecule has 0 saturated heterocycles. The maximum Gasteiger partial charge on any atom is 0.159 e. The lowest BCUT2D eigenvalue weighted by Gasteiger charge is -2.01. The minimum atomic E-state index is -2.87. The van der Waals surface area contributed by atoms with Gasteiger partial charge < -0.3 is 0 Å². The molecule has 0 fully saturated rings. The molecule has 4 heteroatoms. The maximum absolute atomic E-state index is 11.0. The predicted octanol–water partition coefficient (Wildman–Crippen LogP) is 1.87. The normalized spacial score (nSPS) is 11.4. The van der Waals surface area contributed by atoms with E-state index in [0.29, 0.717) is 12.0 Å². The number of hydrogen-bond acceptors (Lipinski definition) is 3. The average Bonchev–Trinajstić information content (AvgIpc) is 2.16. The SMILES string of the molecule is CC(=O)c1ccc(CCCS(C)(=O)=O)cc1. The molecule has 0 atom stereocenters. The molecule has 16 heavy (non-hydrogen) atoms. The molecule has 1 aromatic carbocycles. The van der Waals surface area contributed by atoms with E-state index in [4.69, 9.17) is 0 Å². The number of carbonyl (C=O) groups is 1. The Hall–Kier alpha value is -1.16. The summed E-state index contributed by atoms with van der Waals surface area (Å²) >= 11 is 0. The van der Waals surface area contributed by atoms with Crippen LogP contribution in [0.15, 0.2) is 24.3 Å². The van der Waals surface area contributed by atoms with Gasteiger partial charge in [-0.05, 0) is 25.3 Å². The summed E-state index contributed by atoms with van der Waals surface area (Å²) in [7, 11) is -2.87. The molecule has 0 bridgehead atoms. The molecule has 3 nitrogen and oxygen atoms in total. The molecule has 0 spiro atoms. The zero-order valence-electron chi connectivity index (χ0n) is 9.56.